The van der Waals surface area contributed by atoms with Gasteiger partial charge in [-0.1, -0.05) is 13.8 Å². The molecule has 1 saturated heterocycles. The number of unbranched alkanes of at least 4 members (excludes halogenated alkanes) is 1. The fourth-order valence-corrected chi connectivity index (χ4v) is 2.76. The first-order valence-corrected chi connectivity index (χ1v) is 7.38. The van der Waals surface area contributed by atoms with Crippen LogP contribution >= 0.6 is 0 Å². The van der Waals surface area contributed by atoms with E-state index in [-0.39, 0.29) is 12.0 Å². The monoisotopic (exact) mass is 280 g/mol. The summed E-state index contributed by atoms with van der Waals surface area (Å²) in [6, 6.07) is 0.414. The molecule has 19 heavy (non-hydrogen) atoms. The summed E-state index contributed by atoms with van der Waals surface area (Å²) in [6.07, 6.45) is -1.66. The number of halogens is 3. The van der Waals surface area contributed by atoms with Gasteiger partial charge in [0.2, 0.25) is 0 Å². The molecule has 1 rings (SSSR count). The van der Waals surface area contributed by atoms with E-state index in [0.717, 1.165) is 32.5 Å². The molecule has 1 heterocycles. The summed E-state index contributed by atoms with van der Waals surface area (Å²) in [4.78, 5) is 2.35. The van der Waals surface area contributed by atoms with E-state index in [4.69, 9.17) is 0 Å². The third-order valence-electron chi connectivity index (χ3n) is 4.41. The summed E-state index contributed by atoms with van der Waals surface area (Å²) in [7, 11) is 0. The van der Waals surface area contributed by atoms with Crippen molar-refractivity contribution in [3.05, 3.63) is 0 Å². The lowest BCUT2D eigenvalue weighted by molar-refractivity contribution is -0.135. The Morgan fingerprint density at radius 2 is 1.84 bits per heavy atom. The van der Waals surface area contributed by atoms with E-state index in [0.29, 0.717) is 12.5 Å². The minimum Gasteiger partial charge on any atom is -0.308 e. The number of piperazine rings is 1. The average Bonchev–Trinajstić information content (AvgIpc) is 2.36. The number of rotatable bonds is 6. The summed E-state index contributed by atoms with van der Waals surface area (Å²) in [5.74, 6) is 0. The molecule has 0 aromatic heterocycles. The average molecular weight is 280 g/mol. The highest BCUT2D eigenvalue weighted by Crippen LogP contribution is 2.25. The van der Waals surface area contributed by atoms with Crippen molar-refractivity contribution in [1.29, 1.82) is 0 Å². The molecular formula is C14H27F3N2. The van der Waals surface area contributed by atoms with E-state index in [1.807, 2.05) is 0 Å². The molecule has 0 saturated carbocycles. The van der Waals surface area contributed by atoms with Crippen molar-refractivity contribution in [2.75, 3.05) is 19.6 Å². The topological polar surface area (TPSA) is 15.3 Å². The molecular weight excluding hydrogens is 253 g/mol. The lowest BCUT2D eigenvalue weighted by atomic mass is 9.88. The first kappa shape index (κ1) is 16.8. The van der Waals surface area contributed by atoms with Gasteiger partial charge in [-0.05, 0) is 39.2 Å². The van der Waals surface area contributed by atoms with E-state index >= 15 is 0 Å². The molecule has 0 spiro atoms. The molecule has 0 aromatic carbocycles. The van der Waals surface area contributed by atoms with Gasteiger partial charge >= 0.3 is 6.18 Å². The largest absolute Gasteiger partial charge is 0.389 e. The molecule has 0 aliphatic carbocycles. The van der Waals surface area contributed by atoms with Crippen LogP contribution in [-0.2, 0) is 0 Å². The summed E-state index contributed by atoms with van der Waals surface area (Å²) in [5.41, 5.74) is 0.149. The molecule has 114 valence electrons. The van der Waals surface area contributed by atoms with E-state index in [1.54, 1.807) is 0 Å². The van der Waals surface area contributed by atoms with Crippen LogP contribution < -0.4 is 5.32 Å². The Hall–Kier alpha value is -0.290. The van der Waals surface area contributed by atoms with Crippen LogP contribution in [0.4, 0.5) is 13.2 Å². The zero-order valence-electron chi connectivity index (χ0n) is 12.3. The highest BCUT2D eigenvalue weighted by molar-refractivity contribution is 4.95. The minimum absolute atomic E-state index is 0.149. The smallest absolute Gasteiger partial charge is 0.308 e. The summed E-state index contributed by atoms with van der Waals surface area (Å²) in [6.45, 7) is 9.16. The van der Waals surface area contributed by atoms with Crippen molar-refractivity contribution in [2.24, 2.45) is 0 Å². The van der Waals surface area contributed by atoms with E-state index in [9.17, 15) is 13.2 Å². The van der Waals surface area contributed by atoms with Crippen LogP contribution in [-0.4, -0.2) is 42.3 Å². The van der Waals surface area contributed by atoms with Crippen molar-refractivity contribution in [3.63, 3.8) is 0 Å². The maximum absolute atomic E-state index is 12.1. The van der Waals surface area contributed by atoms with Crippen LogP contribution in [0.5, 0.6) is 0 Å². The summed E-state index contributed by atoms with van der Waals surface area (Å²) < 4.78 is 36.3. The molecule has 1 atom stereocenters. The first-order valence-electron chi connectivity index (χ1n) is 7.38. The van der Waals surface area contributed by atoms with Crippen molar-refractivity contribution < 1.29 is 13.2 Å². The maximum Gasteiger partial charge on any atom is 0.389 e. The SMILES string of the molecule is CCC1(CC)CN(CCCCC(F)(F)F)C(C)CN1. The highest BCUT2D eigenvalue weighted by atomic mass is 19.4. The Balaban J connectivity index is 2.38. The molecule has 0 amide bonds. The minimum atomic E-state index is -4.01. The second kappa shape index (κ2) is 6.93. The molecule has 0 aromatic rings. The van der Waals surface area contributed by atoms with Crippen LogP contribution in [0, 0.1) is 0 Å². The highest BCUT2D eigenvalue weighted by Gasteiger charge is 2.34. The van der Waals surface area contributed by atoms with Crippen LogP contribution in [0.25, 0.3) is 0 Å². The van der Waals surface area contributed by atoms with Crippen LogP contribution in [0.1, 0.15) is 52.9 Å². The lowest BCUT2D eigenvalue weighted by Crippen LogP contribution is -2.63. The molecule has 1 aliphatic heterocycles. The number of hydrogen-bond acceptors (Lipinski definition) is 2. The molecule has 5 heteroatoms. The van der Waals surface area contributed by atoms with Crippen molar-refractivity contribution in [3.8, 4) is 0 Å². The summed E-state index contributed by atoms with van der Waals surface area (Å²) in [5, 5.41) is 3.60. The van der Waals surface area contributed by atoms with Gasteiger partial charge in [0.1, 0.15) is 0 Å². The van der Waals surface area contributed by atoms with Crippen LogP contribution in [0.15, 0.2) is 0 Å². The molecule has 1 fully saturated rings. The molecule has 1 unspecified atom stereocenters. The van der Waals surface area contributed by atoms with Crippen molar-refractivity contribution >= 4 is 0 Å². The molecule has 1 N–H and O–H groups in total. The van der Waals surface area contributed by atoms with Crippen LogP contribution in [0.3, 0.4) is 0 Å². The molecule has 0 bridgehead atoms. The summed E-state index contributed by atoms with van der Waals surface area (Å²) >= 11 is 0. The van der Waals surface area contributed by atoms with Gasteiger partial charge in [0.25, 0.3) is 0 Å². The van der Waals surface area contributed by atoms with Gasteiger partial charge in [-0.25, -0.2) is 0 Å². The Bertz CT molecular complexity index is 262. The van der Waals surface area contributed by atoms with Gasteiger partial charge < -0.3 is 5.32 Å². The fraction of sp³-hybridized carbons (Fsp3) is 1.00. The van der Waals surface area contributed by atoms with Crippen molar-refractivity contribution in [1.82, 2.24) is 10.2 Å². The second-order valence-corrected chi connectivity index (χ2v) is 5.76. The van der Waals surface area contributed by atoms with E-state index in [1.165, 1.54) is 0 Å². The van der Waals surface area contributed by atoms with Crippen molar-refractivity contribution in [2.45, 2.75) is 70.6 Å². The van der Waals surface area contributed by atoms with Gasteiger partial charge in [-0.2, -0.15) is 13.2 Å². The second-order valence-electron chi connectivity index (χ2n) is 5.76. The number of nitrogens with one attached hydrogen (secondary N) is 1. The number of hydrogen-bond donors (Lipinski definition) is 1. The first-order chi connectivity index (χ1) is 8.82. The Kier molecular flexibility index (Phi) is 6.12. The predicted octanol–water partition coefficient (Wildman–Crippen LogP) is 3.57. The molecule has 2 nitrogen and oxygen atoms in total. The Labute approximate surface area is 114 Å². The number of nitrogens with zero attached hydrogens (tertiary/aromatic N) is 1. The zero-order valence-corrected chi connectivity index (χ0v) is 12.3. The standard InChI is InChI=1S/C14H27F3N2/c1-4-13(5-2)11-19(12(3)10-18-13)9-7-6-8-14(15,16)17/h12,18H,4-11H2,1-3H3. The van der Waals surface area contributed by atoms with Gasteiger partial charge in [0, 0.05) is 31.1 Å². The van der Waals surface area contributed by atoms with Crippen LogP contribution in [0.2, 0.25) is 0 Å². The third-order valence-corrected chi connectivity index (χ3v) is 4.41. The number of alkyl halides is 3. The third kappa shape index (κ3) is 5.30. The van der Waals surface area contributed by atoms with Gasteiger partial charge in [-0.15, -0.1) is 0 Å². The normalized spacial score (nSPS) is 24.6. The quantitative estimate of drug-likeness (QED) is 0.748. The Morgan fingerprint density at radius 1 is 1.21 bits per heavy atom. The lowest BCUT2D eigenvalue weighted by Gasteiger charge is -2.46. The van der Waals surface area contributed by atoms with E-state index < -0.39 is 12.6 Å². The fourth-order valence-electron chi connectivity index (χ4n) is 2.76. The van der Waals surface area contributed by atoms with Gasteiger partial charge in [0.05, 0.1) is 0 Å². The van der Waals surface area contributed by atoms with E-state index in [2.05, 4.69) is 31.0 Å². The zero-order chi connectivity index (χ0) is 14.5. The predicted molar refractivity (Wildman–Crippen MR) is 72.3 cm³/mol. The van der Waals surface area contributed by atoms with Gasteiger partial charge in [-0.3, -0.25) is 4.90 Å². The Morgan fingerprint density at radius 3 is 2.37 bits per heavy atom. The molecule has 1 aliphatic rings. The van der Waals surface area contributed by atoms with Gasteiger partial charge in [0.15, 0.2) is 0 Å². The molecule has 0 radical (unpaired) electrons. The maximum atomic E-state index is 12.1.